The first-order valence-electron chi connectivity index (χ1n) is 8.66. The van der Waals surface area contributed by atoms with Gasteiger partial charge in [-0.1, -0.05) is 12.1 Å². The lowest BCUT2D eigenvalue weighted by Crippen LogP contribution is -2.32. The van der Waals surface area contributed by atoms with Gasteiger partial charge in [-0.15, -0.1) is 0 Å². The van der Waals surface area contributed by atoms with Crippen molar-refractivity contribution in [3.63, 3.8) is 0 Å². The molecule has 4 rings (SSSR count). The summed E-state index contributed by atoms with van der Waals surface area (Å²) in [5, 5.41) is 23.0. The van der Waals surface area contributed by atoms with E-state index in [1.807, 2.05) is 4.90 Å². The van der Waals surface area contributed by atoms with Crippen molar-refractivity contribution in [3.8, 4) is 11.5 Å². The van der Waals surface area contributed by atoms with Crippen LogP contribution in [0.15, 0.2) is 40.2 Å². The van der Waals surface area contributed by atoms with E-state index in [1.54, 1.807) is 18.2 Å². The van der Waals surface area contributed by atoms with Gasteiger partial charge in [0.25, 0.3) is 5.70 Å². The number of para-hydroxylation sites is 1. The summed E-state index contributed by atoms with van der Waals surface area (Å²) in [5.41, 5.74) is 2.40. The molecule has 7 nitrogen and oxygen atoms in total. The first-order valence-corrected chi connectivity index (χ1v) is 9.98. The van der Waals surface area contributed by atoms with Crippen LogP contribution in [0.25, 0.3) is 0 Å². The van der Waals surface area contributed by atoms with Crippen molar-refractivity contribution in [2.45, 2.75) is 31.6 Å². The Morgan fingerprint density at radius 1 is 1.35 bits per heavy atom. The van der Waals surface area contributed by atoms with E-state index in [0.29, 0.717) is 22.9 Å². The minimum absolute atomic E-state index is 0.0648. The minimum atomic E-state index is -1.40. The van der Waals surface area contributed by atoms with E-state index >= 15 is 0 Å². The summed E-state index contributed by atoms with van der Waals surface area (Å²) in [4.78, 5) is 13.5. The number of aromatic hydroxyl groups is 1. The number of benzene rings is 1. The van der Waals surface area contributed by atoms with Gasteiger partial charge in [-0.2, -0.15) is 0 Å². The summed E-state index contributed by atoms with van der Waals surface area (Å²) >= 11 is 0. The summed E-state index contributed by atoms with van der Waals surface area (Å²) in [6.07, 6.45) is 3.53. The highest BCUT2D eigenvalue weighted by Gasteiger charge is 2.48. The highest BCUT2D eigenvalue weighted by molar-refractivity contribution is 7.89. The lowest BCUT2D eigenvalue weighted by Gasteiger charge is -2.36. The molecule has 0 aromatic heterocycles. The van der Waals surface area contributed by atoms with Crippen LogP contribution in [-0.2, 0) is 10.8 Å². The fourth-order valence-corrected chi connectivity index (χ4v) is 5.70. The second kappa shape index (κ2) is 6.42. The SMILES string of the molecule is COc1cccc(C2C3=C(CCCC3)N3CCS(=O)C3=C2[N+](=O)[O-])c1O. The maximum Gasteiger partial charge on any atom is 0.290 e. The van der Waals surface area contributed by atoms with E-state index in [1.165, 1.54) is 7.11 Å². The van der Waals surface area contributed by atoms with Gasteiger partial charge < -0.3 is 14.7 Å². The standard InChI is InChI=1S/C18H20N2O5S/c1-25-14-8-4-6-12(17(14)21)15-11-5-2-3-7-13(11)19-9-10-26(24)18(19)16(15)20(22)23/h4,6,8,15,21H,2-3,5,7,9-10H2,1H3. The molecule has 1 fully saturated rings. The van der Waals surface area contributed by atoms with Crippen LogP contribution >= 0.6 is 0 Å². The molecule has 2 aliphatic heterocycles. The number of methoxy groups -OCH3 is 1. The van der Waals surface area contributed by atoms with Gasteiger partial charge in [0.15, 0.2) is 16.5 Å². The van der Waals surface area contributed by atoms with Crippen molar-refractivity contribution >= 4 is 10.8 Å². The number of ether oxygens (including phenoxy) is 1. The maximum absolute atomic E-state index is 12.6. The van der Waals surface area contributed by atoms with Crippen molar-refractivity contribution in [1.29, 1.82) is 0 Å². The number of nitro groups is 1. The van der Waals surface area contributed by atoms with Crippen LogP contribution < -0.4 is 4.74 Å². The Balaban J connectivity index is 1.99. The monoisotopic (exact) mass is 376 g/mol. The van der Waals surface area contributed by atoms with Crippen LogP contribution in [0.5, 0.6) is 11.5 Å². The smallest absolute Gasteiger partial charge is 0.290 e. The highest BCUT2D eigenvalue weighted by atomic mass is 32.2. The summed E-state index contributed by atoms with van der Waals surface area (Å²) < 4.78 is 17.8. The third-order valence-electron chi connectivity index (χ3n) is 5.37. The molecule has 0 saturated carbocycles. The van der Waals surface area contributed by atoms with E-state index in [2.05, 4.69) is 0 Å². The molecule has 1 N–H and O–H groups in total. The molecule has 26 heavy (non-hydrogen) atoms. The molecule has 0 spiro atoms. The molecule has 0 bridgehead atoms. The molecule has 138 valence electrons. The van der Waals surface area contributed by atoms with E-state index in [0.717, 1.165) is 37.0 Å². The predicted octanol–water partition coefficient (Wildman–Crippen LogP) is 2.84. The number of phenolic OH excluding ortho intramolecular Hbond substituents is 1. The first kappa shape index (κ1) is 17.1. The Bertz CT molecular complexity index is 876. The van der Waals surface area contributed by atoms with Crippen molar-refractivity contribution in [2.75, 3.05) is 19.4 Å². The third kappa shape index (κ3) is 2.43. The average Bonchev–Trinajstić information content (AvgIpc) is 3.02. The quantitative estimate of drug-likeness (QED) is 0.644. The van der Waals surface area contributed by atoms with Crippen LogP contribution in [0.2, 0.25) is 0 Å². The lowest BCUT2D eigenvalue weighted by molar-refractivity contribution is -0.431. The van der Waals surface area contributed by atoms with E-state index in [9.17, 15) is 19.4 Å². The first-order chi connectivity index (χ1) is 12.5. The molecular weight excluding hydrogens is 356 g/mol. The number of fused-ring (bicyclic) bond motifs is 2. The van der Waals surface area contributed by atoms with Crippen molar-refractivity contribution in [1.82, 2.24) is 4.90 Å². The fraction of sp³-hybridized carbons (Fsp3) is 0.444. The normalized spacial score (nSPS) is 25.2. The molecule has 1 aliphatic carbocycles. The molecule has 2 atom stereocenters. The Kier molecular flexibility index (Phi) is 4.22. The van der Waals surface area contributed by atoms with Crippen LogP contribution in [0.1, 0.15) is 37.2 Å². The zero-order chi connectivity index (χ0) is 18.4. The number of nitrogens with zero attached hydrogens (tertiary/aromatic N) is 2. The molecule has 2 unspecified atom stereocenters. The molecule has 1 saturated heterocycles. The minimum Gasteiger partial charge on any atom is -0.504 e. The fourth-order valence-electron chi connectivity index (χ4n) is 4.28. The number of phenols is 1. The van der Waals surface area contributed by atoms with E-state index < -0.39 is 21.6 Å². The molecule has 2 heterocycles. The van der Waals surface area contributed by atoms with Gasteiger partial charge in [0.05, 0.1) is 22.8 Å². The average molecular weight is 376 g/mol. The number of hydrogen-bond acceptors (Lipinski definition) is 6. The zero-order valence-corrected chi connectivity index (χ0v) is 15.3. The topological polar surface area (TPSA) is 92.9 Å². The molecule has 3 aliphatic rings. The number of rotatable bonds is 3. The summed E-state index contributed by atoms with van der Waals surface area (Å²) in [7, 11) is 0.0535. The van der Waals surface area contributed by atoms with Gasteiger partial charge in [0.1, 0.15) is 5.92 Å². The second-order valence-corrected chi connectivity index (χ2v) is 8.14. The second-order valence-electron chi connectivity index (χ2n) is 6.66. The predicted molar refractivity (Wildman–Crippen MR) is 96.6 cm³/mol. The molecule has 0 radical (unpaired) electrons. The van der Waals surface area contributed by atoms with Gasteiger partial charge in [-0.3, -0.25) is 14.3 Å². The number of hydrogen-bond donors (Lipinski definition) is 1. The van der Waals surface area contributed by atoms with Crippen LogP contribution in [0, 0.1) is 10.1 Å². The summed E-state index contributed by atoms with van der Waals surface area (Å²) in [6, 6.07) is 5.04. The van der Waals surface area contributed by atoms with Crippen molar-refractivity contribution < 1.29 is 19.0 Å². The molecule has 0 amide bonds. The van der Waals surface area contributed by atoms with Crippen LogP contribution in [0.4, 0.5) is 0 Å². The van der Waals surface area contributed by atoms with E-state index in [4.69, 9.17) is 4.74 Å². The molecule has 8 heteroatoms. The van der Waals surface area contributed by atoms with Gasteiger partial charge in [-0.05, 0) is 37.3 Å². The van der Waals surface area contributed by atoms with Gasteiger partial charge in [0, 0.05) is 23.6 Å². The van der Waals surface area contributed by atoms with Crippen LogP contribution in [-0.4, -0.2) is 38.5 Å². The third-order valence-corrected chi connectivity index (χ3v) is 6.78. The Morgan fingerprint density at radius 2 is 2.12 bits per heavy atom. The van der Waals surface area contributed by atoms with Crippen molar-refractivity contribution in [3.05, 3.63) is 55.9 Å². The van der Waals surface area contributed by atoms with Gasteiger partial charge in [0.2, 0.25) is 0 Å². The lowest BCUT2D eigenvalue weighted by atomic mass is 9.78. The molecular formula is C18H20N2O5S. The largest absolute Gasteiger partial charge is 0.504 e. The van der Waals surface area contributed by atoms with Crippen molar-refractivity contribution in [2.24, 2.45) is 0 Å². The molecule has 1 aromatic rings. The Hall–Kier alpha value is -2.35. The highest BCUT2D eigenvalue weighted by Crippen LogP contribution is 2.51. The number of allylic oxidation sites excluding steroid dienone is 2. The Labute approximate surface area is 153 Å². The van der Waals surface area contributed by atoms with Gasteiger partial charge >= 0.3 is 0 Å². The Morgan fingerprint density at radius 3 is 2.85 bits per heavy atom. The maximum atomic E-state index is 12.6. The zero-order valence-electron chi connectivity index (χ0n) is 14.4. The van der Waals surface area contributed by atoms with Gasteiger partial charge in [-0.25, -0.2) is 0 Å². The summed E-state index contributed by atoms with van der Waals surface area (Å²) in [5.74, 6) is -0.0956. The van der Waals surface area contributed by atoms with E-state index in [-0.39, 0.29) is 17.2 Å². The van der Waals surface area contributed by atoms with Crippen LogP contribution in [0.3, 0.4) is 0 Å². The summed E-state index contributed by atoms with van der Waals surface area (Å²) in [6.45, 7) is 0.551. The molecule has 1 aromatic carbocycles.